The fourth-order valence-corrected chi connectivity index (χ4v) is 3.16. The van der Waals surface area contributed by atoms with E-state index in [1.54, 1.807) is 11.3 Å². The zero-order valence-corrected chi connectivity index (χ0v) is 14.8. The molecule has 1 aliphatic rings. The first-order valence-electron chi connectivity index (χ1n) is 6.55. The second-order valence-corrected chi connectivity index (χ2v) is 6.65. The molecule has 1 aliphatic heterocycles. The fraction of sp³-hybridized carbons (Fsp3) is 0.769. The molecule has 1 fully saturated rings. The summed E-state index contributed by atoms with van der Waals surface area (Å²) in [5.41, 5.74) is 1.31. The molecule has 0 spiro atoms. The zero-order valence-electron chi connectivity index (χ0n) is 12.3. The Balaban J connectivity index is 0.00000180. The average molecular weight is 342 g/mol. The van der Waals surface area contributed by atoms with E-state index >= 15 is 0 Å². The van der Waals surface area contributed by atoms with Crippen LogP contribution in [0.3, 0.4) is 0 Å². The summed E-state index contributed by atoms with van der Waals surface area (Å²) < 4.78 is 0. The number of nitrogens with zero attached hydrogens (tertiary/aromatic N) is 3. The molecule has 0 aliphatic carbocycles. The minimum Gasteiger partial charge on any atom is -0.395 e. The van der Waals surface area contributed by atoms with Gasteiger partial charge in [0.1, 0.15) is 0 Å². The molecule has 0 aromatic carbocycles. The molecule has 1 N–H and O–H groups in total. The van der Waals surface area contributed by atoms with Gasteiger partial charge in [0.2, 0.25) is 0 Å². The topological polar surface area (TPSA) is 39.6 Å². The van der Waals surface area contributed by atoms with Crippen molar-refractivity contribution in [3.8, 4) is 0 Å². The highest BCUT2D eigenvalue weighted by Crippen LogP contribution is 2.28. The van der Waals surface area contributed by atoms with Crippen molar-refractivity contribution < 1.29 is 5.11 Å². The first-order valence-corrected chi connectivity index (χ1v) is 7.43. The Labute approximate surface area is 138 Å². The molecule has 1 saturated heterocycles. The average Bonchev–Trinajstić information content (AvgIpc) is 2.79. The van der Waals surface area contributed by atoms with Gasteiger partial charge in [0.15, 0.2) is 5.13 Å². The van der Waals surface area contributed by atoms with E-state index in [1.807, 2.05) is 0 Å². The van der Waals surface area contributed by atoms with Crippen LogP contribution in [0, 0.1) is 0 Å². The van der Waals surface area contributed by atoms with Gasteiger partial charge < -0.3 is 10.0 Å². The Bertz CT molecular complexity index is 387. The number of thiazole rings is 1. The quantitative estimate of drug-likeness (QED) is 0.916. The molecular formula is C13H25Cl2N3OS. The highest BCUT2D eigenvalue weighted by atomic mass is 35.5. The molecule has 0 unspecified atom stereocenters. The molecule has 1 aromatic rings. The Morgan fingerprint density at radius 1 is 1.20 bits per heavy atom. The number of aromatic nitrogens is 1. The number of rotatable bonds is 3. The highest BCUT2D eigenvalue weighted by Gasteiger charge is 2.22. The number of hydrogen-bond acceptors (Lipinski definition) is 5. The number of piperazine rings is 1. The van der Waals surface area contributed by atoms with Gasteiger partial charge >= 0.3 is 0 Å². The zero-order chi connectivity index (χ0) is 13.2. The van der Waals surface area contributed by atoms with Crippen LogP contribution in [-0.4, -0.2) is 54.3 Å². The van der Waals surface area contributed by atoms with E-state index in [0.717, 1.165) is 37.9 Å². The van der Waals surface area contributed by atoms with E-state index in [0.29, 0.717) is 0 Å². The smallest absolute Gasteiger partial charge is 0.185 e. The van der Waals surface area contributed by atoms with Crippen molar-refractivity contribution in [1.82, 2.24) is 9.88 Å². The van der Waals surface area contributed by atoms with Crippen molar-refractivity contribution in [1.29, 1.82) is 0 Å². The van der Waals surface area contributed by atoms with Crippen LogP contribution in [0.15, 0.2) is 5.38 Å². The molecular weight excluding hydrogens is 317 g/mol. The van der Waals surface area contributed by atoms with Crippen LogP contribution in [0.1, 0.15) is 26.5 Å². The van der Waals surface area contributed by atoms with Crippen molar-refractivity contribution in [2.75, 3.05) is 44.2 Å². The summed E-state index contributed by atoms with van der Waals surface area (Å²) in [5, 5.41) is 12.2. The van der Waals surface area contributed by atoms with Gasteiger partial charge in [-0.2, -0.15) is 0 Å². The summed E-state index contributed by atoms with van der Waals surface area (Å²) in [6.07, 6.45) is 0. The summed E-state index contributed by atoms with van der Waals surface area (Å²) in [4.78, 5) is 9.41. The lowest BCUT2D eigenvalue weighted by Gasteiger charge is -2.34. The fourth-order valence-electron chi connectivity index (χ4n) is 2.06. The lowest BCUT2D eigenvalue weighted by molar-refractivity contribution is 0.188. The molecule has 2 heterocycles. The van der Waals surface area contributed by atoms with Gasteiger partial charge in [0.05, 0.1) is 12.3 Å². The van der Waals surface area contributed by atoms with Crippen LogP contribution in [-0.2, 0) is 5.41 Å². The second-order valence-electron chi connectivity index (χ2n) is 5.82. The van der Waals surface area contributed by atoms with Crippen molar-refractivity contribution in [3.05, 3.63) is 11.1 Å². The standard InChI is InChI=1S/C13H23N3OS.2ClH/c1-13(2,3)11-10-18-12(14-11)16-6-4-15(5-7-16)8-9-17;;/h10,17H,4-9H2,1-3H3;2*1H. The summed E-state index contributed by atoms with van der Waals surface area (Å²) in [5.74, 6) is 0. The number of β-amino-alcohol motifs (C(OH)–C–C–N with tert-alkyl or cyclic N) is 1. The van der Waals surface area contributed by atoms with Gasteiger partial charge in [-0.25, -0.2) is 4.98 Å². The second kappa shape index (κ2) is 8.39. The summed E-state index contributed by atoms with van der Waals surface area (Å²) in [6.45, 7) is 11.7. The largest absolute Gasteiger partial charge is 0.395 e. The van der Waals surface area contributed by atoms with E-state index in [9.17, 15) is 0 Å². The summed E-state index contributed by atoms with van der Waals surface area (Å²) in [6, 6.07) is 0. The molecule has 118 valence electrons. The number of aliphatic hydroxyl groups is 1. The predicted molar refractivity (Wildman–Crippen MR) is 91.0 cm³/mol. The molecule has 1 aromatic heterocycles. The monoisotopic (exact) mass is 341 g/mol. The number of halogens is 2. The minimum atomic E-state index is 0. The van der Waals surface area contributed by atoms with Gasteiger partial charge in [-0.15, -0.1) is 36.2 Å². The van der Waals surface area contributed by atoms with Gasteiger partial charge in [0, 0.05) is 43.5 Å². The molecule has 20 heavy (non-hydrogen) atoms. The molecule has 0 saturated carbocycles. The van der Waals surface area contributed by atoms with E-state index < -0.39 is 0 Å². The maximum Gasteiger partial charge on any atom is 0.185 e. The number of aliphatic hydroxyl groups excluding tert-OH is 1. The molecule has 2 rings (SSSR count). The first kappa shape index (κ1) is 19.9. The van der Waals surface area contributed by atoms with Gasteiger partial charge in [0.25, 0.3) is 0 Å². The molecule has 4 nitrogen and oxygen atoms in total. The molecule has 0 bridgehead atoms. The van der Waals surface area contributed by atoms with Crippen LogP contribution in [0.5, 0.6) is 0 Å². The van der Waals surface area contributed by atoms with E-state index in [1.165, 1.54) is 5.69 Å². The van der Waals surface area contributed by atoms with Gasteiger partial charge in [-0.3, -0.25) is 4.90 Å². The van der Waals surface area contributed by atoms with Crippen LogP contribution in [0.2, 0.25) is 0 Å². The van der Waals surface area contributed by atoms with Gasteiger partial charge in [-0.1, -0.05) is 20.8 Å². The van der Waals surface area contributed by atoms with Gasteiger partial charge in [-0.05, 0) is 0 Å². The van der Waals surface area contributed by atoms with Crippen LogP contribution >= 0.6 is 36.2 Å². The van der Waals surface area contributed by atoms with E-state index in [2.05, 4.69) is 36.0 Å². The Morgan fingerprint density at radius 3 is 2.25 bits per heavy atom. The normalized spacial score (nSPS) is 16.5. The maximum atomic E-state index is 8.93. The third-order valence-electron chi connectivity index (χ3n) is 3.32. The highest BCUT2D eigenvalue weighted by molar-refractivity contribution is 7.13. The lowest BCUT2D eigenvalue weighted by Crippen LogP contribution is -2.47. The Kier molecular flexibility index (Phi) is 8.36. The van der Waals surface area contributed by atoms with Crippen molar-refractivity contribution in [3.63, 3.8) is 0 Å². The Morgan fingerprint density at radius 2 is 1.80 bits per heavy atom. The SMILES string of the molecule is CC(C)(C)c1csc(N2CCN(CCO)CC2)n1.Cl.Cl. The number of hydrogen-bond donors (Lipinski definition) is 1. The minimum absolute atomic E-state index is 0. The third kappa shape index (κ3) is 5.04. The molecule has 7 heteroatoms. The van der Waals surface area contributed by atoms with Crippen molar-refractivity contribution in [2.45, 2.75) is 26.2 Å². The molecule has 0 amide bonds. The van der Waals surface area contributed by atoms with E-state index in [4.69, 9.17) is 10.1 Å². The lowest BCUT2D eigenvalue weighted by atomic mass is 9.93. The van der Waals surface area contributed by atoms with Crippen LogP contribution in [0.25, 0.3) is 0 Å². The van der Waals surface area contributed by atoms with E-state index in [-0.39, 0.29) is 36.8 Å². The van der Waals surface area contributed by atoms with Crippen LogP contribution in [0.4, 0.5) is 5.13 Å². The Hall–Kier alpha value is -0.0700. The molecule has 0 radical (unpaired) electrons. The first-order chi connectivity index (χ1) is 8.50. The summed E-state index contributed by atoms with van der Waals surface area (Å²) >= 11 is 1.74. The number of anilines is 1. The van der Waals surface area contributed by atoms with Crippen molar-refractivity contribution in [2.24, 2.45) is 0 Å². The van der Waals surface area contributed by atoms with Crippen molar-refractivity contribution >= 4 is 41.3 Å². The molecule has 0 atom stereocenters. The summed E-state index contributed by atoms with van der Waals surface area (Å²) in [7, 11) is 0. The third-order valence-corrected chi connectivity index (χ3v) is 4.22. The van der Waals surface area contributed by atoms with Crippen LogP contribution < -0.4 is 4.90 Å². The maximum absolute atomic E-state index is 8.93. The predicted octanol–water partition coefficient (Wildman–Crippen LogP) is 2.40.